The molecule has 0 saturated carbocycles. The first-order valence-corrected chi connectivity index (χ1v) is 3.72. The van der Waals surface area contributed by atoms with Gasteiger partial charge in [0.25, 0.3) is 0 Å². The van der Waals surface area contributed by atoms with Gasteiger partial charge in [0.05, 0.1) is 0 Å². The standard InChI is InChI=1S/C6H6O.Bi/c7-6-4-2-1-3-5-6;/h1-5,7H;/q;+1/p-1. The topological polar surface area (TPSA) is 9.23 Å². The van der Waals surface area contributed by atoms with E-state index in [2.05, 4.69) is 0 Å². The van der Waals surface area contributed by atoms with E-state index in [-0.39, 0.29) is 0 Å². The molecule has 0 heterocycles. The molecule has 2 radical (unpaired) electrons. The number of rotatable bonds is 1. The maximum atomic E-state index is 5.03. The zero-order valence-electron chi connectivity index (χ0n) is 4.24. The van der Waals surface area contributed by atoms with Crippen molar-refractivity contribution in [1.29, 1.82) is 0 Å². The SMILES string of the molecule is [Bi][O]c1ccccc1. The van der Waals surface area contributed by atoms with Crippen molar-refractivity contribution in [3.63, 3.8) is 0 Å². The van der Waals surface area contributed by atoms with Gasteiger partial charge in [-0.05, 0) is 0 Å². The van der Waals surface area contributed by atoms with E-state index in [0.29, 0.717) is 0 Å². The van der Waals surface area contributed by atoms with Gasteiger partial charge < -0.3 is 0 Å². The number of hydrogen-bond acceptors (Lipinski definition) is 1. The summed E-state index contributed by atoms with van der Waals surface area (Å²) in [6.45, 7) is 0. The van der Waals surface area contributed by atoms with Crippen LogP contribution in [0.15, 0.2) is 30.3 Å². The Morgan fingerprint density at radius 2 is 1.75 bits per heavy atom. The van der Waals surface area contributed by atoms with Gasteiger partial charge in [0, 0.05) is 0 Å². The minimum absolute atomic E-state index is 0.954. The molecule has 0 spiro atoms. The van der Waals surface area contributed by atoms with Gasteiger partial charge in [-0.1, -0.05) is 0 Å². The monoisotopic (exact) mass is 302 g/mol. The van der Waals surface area contributed by atoms with Gasteiger partial charge in [0.1, 0.15) is 0 Å². The third-order valence-electron chi connectivity index (χ3n) is 0.849. The van der Waals surface area contributed by atoms with Crippen LogP contribution in [-0.2, 0) is 0 Å². The van der Waals surface area contributed by atoms with E-state index in [0.717, 1.165) is 30.9 Å². The molecule has 0 unspecified atom stereocenters. The summed E-state index contributed by atoms with van der Waals surface area (Å²) >= 11 is 0.954. The third-order valence-corrected chi connectivity index (χ3v) is 1.67. The zero-order chi connectivity index (χ0) is 5.82. The molecule has 0 saturated heterocycles. The number of hydrogen-bond donors (Lipinski definition) is 0. The number of benzene rings is 1. The minimum atomic E-state index is 0.954. The summed E-state index contributed by atoms with van der Waals surface area (Å²) in [6, 6.07) is 9.78. The molecular weight excluding hydrogens is 297 g/mol. The predicted molar refractivity (Wildman–Crippen MR) is 32.8 cm³/mol. The van der Waals surface area contributed by atoms with Crippen LogP contribution >= 0.6 is 0 Å². The Hall–Kier alpha value is -0.0969. The van der Waals surface area contributed by atoms with E-state index in [4.69, 9.17) is 2.81 Å². The molecule has 1 rings (SSSR count). The van der Waals surface area contributed by atoms with E-state index in [1.807, 2.05) is 30.3 Å². The van der Waals surface area contributed by atoms with Crippen LogP contribution in [0.3, 0.4) is 0 Å². The summed E-state index contributed by atoms with van der Waals surface area (Å²) in [5.74, 6) is 0.959. The van der Waals surface area contributed by atoms with Crippen LogP contribution in [-0.4, -0.2) is 25.2 Å². The summed E-state index contributed by atoms with van der Waals surface area (Å²) in [5, 5.41) is 0. The molecule has 2 heteroatoms. The van der Waals surface area contributed by atoms with Crippen molar-refractivity contribution >= 4 is 25.2 Å². The molecular formula is C6H5BiO. The van der Waals surface area contributed by atoms with Gasteiger partial charge in [-0.3, -0.25) is 0 Å². The fourth-order valence-electron chi connectivity index (χ4n) is 0.481. The molecule has 0 aliphatic heterocycles. The van der Waals surface area contributed by atoms with Crippen LogP contribution in [0.25, 0.3) is 0 Å². The van der Waals surface area contributed by atoms with Crippen LogP contribution < -0.4 is 2.81 Å². The molecule has 0 atom stereocenters. The fourth-order valence-corrected chi connectivity index (χ4v) is 0.955. The van der Waals surface area contributed by atoms with E-state index in [1.165, 1.54) is 0 Å². The van der Waals surface area contributed by atoms with Gasteiger partial charge in [0.15, 0.2) is 0 Å². The number of para-hydroxylation sites is 1. The van der Waals surface area contributed by atoms with Crippen LogP contribution in [0.1, 0.15) is 0 Å². The van der Waals surface area contributed by atoms with Gasteiger partial charge >= 0.3 is 64.1 Å². The van der Waals surface area contributed by atoms with Crippen LogP contribution in [0.2, 0.25) is 0 Å². The molecule has 0 bridgehead atoms. The van der Waals surface area contributed by atoms with Crippen molar-refractivity contribution in [2.24, 2.45) is 0 Å². The predicted octanol–water partition coefficient (Wildman–Crippen LogP) is 1.15. The molecule has 0 fully saturated rings. The van der Waals surface area contributed by atoms with Crippen LogP contribution in [0.4, 0.5) is 0 Å². The van der Waals surface area contributed by atoms with Gasteiger partial charge in [0.2, 0.25) is 0 Å². The summed E-state index contributed by atoms with van der Waals surface area (Å²) < 4.78 is 5.03. The third kappa shape index (κ3) is 1.45. The molecule has 0 aliphatic carbocycles. The molecule has 0 aromatic heterocycles. The van der Waals surface area contributed by atoms with Crippen molar-refractivity contribution in [3.05, 3.63) is 30.3 Å². The normalized spacial score (nSPS) is 8.62. The van der Waals surface area contributed by atoms with Crippen molar-refractivity contribution in [2.75, 3.05) is 0 Å². The second-order valence-corrected chi connectivity index (χ2v) is 2.11. The van der Waals surface area contributed by atoms with Crippen molar-refractivity contribution in [1.82, 2.24) is 0 Å². The Balaban J connectivity index is 2.83. The second kappa shape index (κ2) is 3.03. The van der Waals surface area contributed by atoms with E-state index >= 15 is 0 Å². The van der Waals surface area contributed by atoms with Crippen LogP contribution in [0, 0.1) is 0 Å². The summed E-state index contributed by atoms with van der Waals surface area (Å²) in [7, 11) is 0. The molecule has 0 amide bonds. The summed E-state index contributed by atoms with van der Waals surface area (Å²) in [4.78, 5) is 0. The summed E-state index contributed by atoms with van der Waals surface area (Å²) in [6.07, 6.45) is 0. The van der Waals surface area contributed by atoms with Crippen molar-refractivity contribution in [3.8, 4) is 5.75 Å². The van der Waals surface area contributed by atoms with Gasteiger partial charge in [-0.2, -0.15) is 0 Å². The molecule has 0 N–H and O–H groups in total. The van der Waals surface area contributed by atoms with Gasteiger partial charge in [-0.25, -0.2) is 0 Å². The first-order valence-electron chi connectivity index (χ1n) is 2.30. The first kappa shape index (κ1) is 6.03. The van der Waals surface area contributed by atoms with Crippen LogP contribution in [0.5, 0.6) is 5.75 Å². The van der Waals surface area contributed by atoms with Gasteiger partial charge in [-0.15, -0.1) is 0 Å². The Bertz CT molecular complexity index is 150. The maximum absolute atomic E-state index is 5.03. The molecule has 40 valence electrons. The van der Waals surface area contributed by atoms with E-state index < -0.39 is 0 Å². The molecule has 1 nitrogen and oxygen atoms in total. The van der Waals surface area contributed by atoms with E-state index in [9.17, 15) is 0 Å². The Morgan fingerprint density at radius 3 is 2.12 bits per heavy atom. The van der Waals surface area contributed by atoms with E-state index in [1.54, 1.807) is 0 Å². The first-order chi connectivity index (χ1) is 3.93. The van der Waals surface area contributed by atoms with Crippen molar-refractivity contribution in [2.45, 2.75) is 0 Å². The van der Waals surface area contributed by atoms with Crippen molar-refractivity contribution < 1.29 is 2.81 Å². The molecule has 1 aromatic rings. The Morgan fingerprint density at radius 1 is 1.12 bits per heavy atom. The average Bonchev–Trinajstić information content (AvgIpc) is 1.90. The Labute approximate surface area is 64.1 Å². The molecule has 1 aromatic carbocycles. The molecule has 0 aliphatic rings. The quantitative estimate of drug-likeness (QED) is 0.707. The fraction of sp³-hybridized carbons (Fsp3) is 0. The Kier molecular flexibility index (Phi) is 2.29. The summed E-state index contributed by atoms with van der Waals surface area (Å²) in [5.41, 5.74) is 0. The second-order valence-electron chi connectivity index (χ2n) is 1.40. The zero-order valence-corrected chi connectivity index (χ0v) is 7.72. The molecule has 8 heavy (non-hydrogen) atoms. The average molecular weight is 302 g/mol.